The average Bonchev–Trinajstić information content (AvgIpc) is 2.68. The predicted molar refractivity (Wildman–Crippen MR) is 81.5 cm³/mol. The highest BCUT2D eigenvalue weighted by Gasteiger charge is 2.38. The van der Waals surface area contributed by atoms with E-state index in [9.17, 15) is 4.79 Å². The van der Waals surface area contributed by atoms with Crippen molar-refractivity contribution in [2.24, 2.45) is 0 Å². The van der Waals surface area contributed by atoms with Crippen molar-refractivity contribution in [2.45, 2.75) is 51.4 Å². The molecule has 2 aliphatic heterocycles. The molecule has 0 aromatic heterocycles. The largest absolute Gasteiger partial charge is 0.324 e. The van der Waals surface area contributed by atoms with Gasteiger partial charge in [-0.05, 0) is 27.4 Å². The number of rotatable bonds is 5. The number of hydrogen-bond donors (Lipinski definition) is 1. The zero-order valence-corrected chi connectivity index (χ0v) is 13.4. The molecule has 0 radical (unpaired) electrons. The Bertz CT molecular complexity index is 336. The summed E-state index contributed by atoms with van der Waals surface area (Å²) in [6, 6.07) is 0.489. The van der Waals surface area contributed by atoms with Crippen molar-refractivity contribution in [1.82, 2.24) is 20.0 Å². The molecule has 3 unspecified atom stereocenters. The first kappa shape index (κ1) is 15.7. The summed E-state index contributed by atoms with van der Waals surface area (Å²) >= 11 is 0. The van der Waals surface area contributed by atoms with Gasteiger partial charge in [0.2, 0.25) is 5.91 Å². The molecule has 2 saturated heterocycles. The van der Waals surface area contributed by atoms with Crippen molar-refractivity contribution in [3.05, 3.63) is 0 Å². The molecule has 1 N–H and O–H groups in total. The molecule has 3 atom stereocenters. The Balaban J connectivity index is 1.92. The van der Waals surface area contributed by atoms with Crippen LogP contribution in [0.15, 0.2) is 0 Å². The fourth-order valence-corrected chi connectivity index (χ4v) is 3.23. The lowest BCUT2D eigenvalue weighted by Crippen LogP contribution is -2.55. The van der Waals surface area contributed by atoms with E-state index < -0.39 is 0 Å². The maximum atomic E-state index is 12.5. The number of unbranched alkanes of at least 4 members (excludes halogenated alkanes) is 1. The van der Waals surface area contributed by atoms with Gasteiger partial charge in [0.05, 0.1) is 12.2 Å². The molecule has 5 heteroatoms. The summed E-state index contributed by atoms with van der Waals surface area (Å²) in [7, 11) is 4.34. The fourth-order valence-electron chi connectivity index (χ4n) is 3.23. The molecule has 0 aliphatic carbocycles. The van der Waals surface area contributed by atoms with Crippen LogP contribution in [-0.4, -0.2) is 79.1 Å². The van der Waals surface area contributed by atoms with Crippen molar-refractivity contribution < 1.29 is 4.79 Å². The number of likely N-dealkylation sites (N-methyl/N-ethyl adjacent to an activating group) is 2. The summed E-state index contributed by atoms with van der Waals surface area (Å²) in [5.74, 6) is 0.299. The van der Waals surface area contributed by atoms with Crippen LogP contribution >= 0.6 is 0 Å². The SMILES string of the molecule is CCCCC1NC(C)N(CC2CN(C)CCN2C)C1=O. The Morgan fingerprint density at radius 3 is 2.75 bits per heavy atom. The zero-order chi connectivity index (χ0) is 14.7. The predicted octanol–water partition coefficient (Wildman–Crippen LogP) is 0.569. The van der Waals surface area contributed by atoms with E-state index in [0.717, 1.165) is 45.4 Å². The number of piperazine rings is 1. The minimum absolute atomic E-state index is 0.0385. The quantitative estimate of drug-likeness (QED) is 0.800. The van der Waals surface area contributed by atoms with Crippen molar-refractivity contribution in [3.63, 3.8) is 0 Å². The van der Waals surface area contributed by atoms with Crippen molar-refractivity contribution in [1.29, 1.82) is 0 Å². The van der Waals surface area contributed by atoms with Crippen LogP contribution in [0.1, 0.15) is 33.1 Å². The van der Waals surface area contributed by atoms with Crippen molar-refractivity contribution in [3.8, 4) is 0 Å². The minimum Gasteiger partial charge on any atom is -0.324 e. The number of carbonyl (C=O) groups excluding carboxylic acids is 1. The summed E-state index contributed by atoms with van der Waals surface area (Å²) in [6.07, 6.45) is 3.41. The van der Waals surface area contributed by atoms with Gasteiger partial charge in [0.1, 0.15) is 0 Å². The fraction of sp³-hybridized carbons (Fsp3) is 0.933. The smallest absolute Gasteiger partial charge is 0.241 e. The van der Waals surface area contributed by atoms with Crippen molar-refractivity contribution in [2.75, 3.05) is 40.3 Å². The van der Waals surface area contributed by atoms with Gasteiger partial charge in [-0.25, -0.2) is 0 Å². The normalized spacial score (nSPS) is 33.1. The first-order valence-corrected chi connectivity index (χ1v) is 7.98. The van der Waals surface area contributed by atoms with E-state index in [0.29, 0.717) is 11.9 Å². The van der Waals surface area contributed by atoms with Gasteiger partial charge < -0.3 is 9.80 Å². The van der Waals surface area contributed by atoms with E-state index >= 15 is 0 Å². The van der Waals surface area contributed by atoms with Crippen LogP contribution in [0.2, 0.25) is 0 Å². The molecule has 1 amide bonds. The van der Waals surface area contributed by atoms with Gasteiger partial charge in [-0.15, -0.1) is 0 Å². The Morgan fingerprint density at radius 1 is 1.30 bits per heavy atom. The van der Waals surface area contributed by atoms with E-state index in [2.05, 4.69) is 43.1 Å². The molecule has 0 spiro atoms. The maximum absolute atomic E-state index is 12.5. The lowest BCUT2D eigenvalue weighted by Gasteiger charge is -2.40. The molecule has 0 aromatic carbocycles. The van der Waals surface area contributed by atoms with Gasteiger partial charge in [0.25, 0.3) is 0 Å². The highest BCUT2D eigenvalue weighted by Crippen LogP contribution is 2.18. The molecule has 20 heavy (non-hydrogen) atoms. The van der Waals surface area contributed by atoms with Crippen LogP contribution in [-0.2, 0) is 4.79 Å². The van der Waals surface area contributed by atoms with E-state index in [1.165, 1.54) is 0 Å². The van der Waals surface area contributed by atoms with Crippen LogP contribution in [0, 0.1) is 0 Å². The number of amides is 1. The van der Waals surface area contributed by atoms with Gasteiger partial charge in [-0.3, -0.25) is 15.0 Å². The summed E-state index contributed by atoms with van der Waals surface area (Å²) < 4.78 is 0. The first-order valence-electron chi connectivity index (χ1n) is 7.98. The third-order valence-electron chi connectivity index (χ3n) is 4.73. The maximum Gasteiger partial charge on any atom is 0.241 e. The third-order valence-corrected chi connectivity index (χ3v) is 4.73. The van der Waals surface area contributed by atoms with Gasteiger partial charge >= 0.3 is 0 Å². The Hall–Kier alpha value is -0.650. The van der Waals surface area contributed by atoms with Crippen LogP contribution in [0.25, 0.3) is 0 Å². The van der Waals surface area contributed by atoms with E-state index in [1.807, 2.05) is 4.90 Å². The second-order valence-corrected chi connectivity index (χ2v) is 6.42. The van der Waals surface area contributed by atoms with Gasteiger partial charge in [-0.2, -0.15) is 0 Å². The van der Waals surface area contributed by atoms with Gasteiger partial charge in [-0.1, -0.05) is 19.8 Å². The van der Waals surface area contributed by atoms with Crippen LogP contribution < -0.4 is 5.32 Å². The number of hydrogen-bond acceptors (Lipinski definition) is 4. The summed E-state index contributed by atoms with van der Waals surface area (Å²) in [5.41, 5.74) is 0. The monoisotopic (exact) mass is 282 g/mol. The molecule has 5 nitrogen and oxygen atoms in total. The van der Waals surface area contributed by atoms with Crippen LogP contribution in [0.4, 0.5) is 0 Å². The summed E-state index contributed by atoms with van der Waals surface area (Å²) in [6.45, 7) is 8.38. The molecule has 2 heterocycles. The standard InChI is InChI=1S/C15H30N4O/c1-5-6-7-14-15(20)19(12(2)16-14)11-13-10-17(3)8-9-18(13)4/h12-14,16H,5-11H2,1-4H3. The average molecular weight is 282 g/mol. The Kier molecular flexibility index (Phi) is 5.41. The van der Waals surface area contributed by atoms with E-state index in [1.54, 1.807) is 0 Å². The zero-order valence-electron chi connectivity index (χ0n) is 13.4. The number of nitrogens with zero attached hydrogens (tertiary/aromatic N) is 3. The van der Waals surface area contributed by atoms with Gasteiger partial charge in [0.15, 0.2) is 0 Å². The molecule has 2 aliphatic rings. The lowest BCUT2D eigenvalue weighted by molar-refractivity contribution is -0.131. The molecular weight excluding hydrogens is 252 g/mol. The highest BCUT2D eigenvalue weighted by atomic mass is 16.2. The van der Waals surface area contributed by atoms with E-state index in [4.69, 9.17) is 0 Å². The van der Waals surface area contributed by atoms with Crippen molar-refractivity contribution >= 4 is 5.91 Å². The lowest BCUT2D eigenvalue weighted by atomic mass is 10.1. The molecular formula is C15H30N4O. The molecule has 2 fully saturated rings. The third kappa shape index (κ3) is 3.51. The molecule has 0 saturated carbocycles. The number of carbonyl (C=O) groups is 1. The first-order chi connectivity index (χ1) is 9.52. The Labute approximate surface area is 123 Å². The van der Waals surface area contributed by atoms with Crippen LogP contribution in [0.3, 0.4) is 0 Å². The molecule has 2 rings (SSSR count). The summed E-state index contributed by atoms with van der Waals surface area (Å²) in [5, 5.41) is 3.45. The minimum atomic E-state index is 0.0385. The molecule has 0 bridgehead atoms. The second-order valence-electron chi connectivity index (χ2n) is 6.42. The van der Waals surface area contributed by atoms with Gasteiger partial charge in [0, 0.05) is 32.2 Å². The topological polar surface area (TPSA) is 38.8 Å². The molecule has 0 aromatic rings. The summed E-state index contributed by atoms with van der Waals surface area (Å²) in [4.78, 5) is 19.3. The number of nitrogens with one attached hydrogen (secondary N) is 1. The Morgan fingerprint density at radius 2 is 2.05 bits per heavy atom. The van der Waals surface area contributed by atoms with Crippen LogP contribution in [0.5, 0.6) is 0 Å². The second kappa shape index (κ2) is 6.87. The van der Waals surface area contributed by atoms with E-state index in [-0.39, 0.29) is 12.2 Å². The highest BCUT2D eigenvalue weighted by molar-refractivity contribution is 5.84. The molecule has 116 valence electrons.